The van der Waals surface area contributed by atoms with Crippen molar-refractivity contribution in [3.05, 3.63) is 48.3 Å². The Morgan fingerprint density at radius 1 is 1.30 bits per heavy atom. The third-order valence-electron chi connectivity index (χ3n) is 6.24. The molecule has 2 N–H and O–H groups in total. The Hall–Kier alpha value is -2.67. The minimum absolute atomic E-state index is 0.00112. The molecule has 7 nitrogen and oxygen atoms in total. The van der Waals surface area contributed by atoms with Gasteiger partial charge in [0.2, 0.25) is 5.91 Å². The first-order valence-electron chi connectivity index (χ1n) is 11.0. The number of nitrogens with one attached hydrogen (secondary N) is 1. The summed E-state index contributed by atoms with van der Waals surface area (Å²) in [6.07, 6.45) is 7.69. The number of amides is 1. The fourth-order valence-corrected chi connectivity index (χ4v) is 4.71. The number of carbonyl (C=O) groups is 1. The molecule has 0 saturated heterocycles. The highest BCUT2D eigenvalue weighted by molar-refractivity contribution is 5.77. The van der Waals surface area contributed by atoms with Crippen LogP contribution in [0.3, 0.4) is 0 Å². The Kier molecular flexibility index (Phi) is 6.18. The fraction of sp³-hybridized carbons (Fsp3) is 0.522. The molecular weight excluding hydrogens is 378 g/mol. The summed E-state index contributed by atoms with van der Waals surface area (Å²) in [5.41, 5.74) is 2.15. The van der Waals surface area contributed by atoms with E-state index in [0.717, 1.165) is 61.3 Å². The van der Waals surface area contributed by atoms with Gasteiger partial charge < -0.3 is 19.6 Å². The maximum atomic E-state index is 12.6. The molecule has 4 rings (SSSR count). The van der Waals surface area contributed by atoms with E-state index in [1.165, 1.54) is 0 Å². The molecule has 2 aromatic heterocycles. The Morgan fingerprint density at radius 2 is 2.13 bits per heavy atom. The molecule has 0 bridgehead atoms. The molecule has 1 aliphatic carbocycles. The van der Waals surface area contributed by atoms with Crippen LogP contribution in [0.4, 0.5) is 0 Å². The lowest BCUT2D eigenvalue weighted by atomic mass is 9.87. The van der Waals surface area contributed by atoms with Crippen LogP contribution in [0.2, 0.25) is 0 Å². The lowest BCUT2D eigenvalue weighted by Gasteiger charge is -2.36. The number of hydrogen-bond donors (Lipinski definition) is 2. The largest absolute Gasteiger partial charge is 0.389 e. The Bertz CT molecular complexity index is 1010. The van der Waals surface area contributed by atoms with Gasteiger partial charge in [0.05, 0.1) is 29.2 Å². The topological polar surface area (TPSA) is 85.0 Å². The first kappa shape index (κ1) is 20.6. The standard InChI is InChI=1S/C23H31N5O2/c1-3-27-19-10-5-4-8-17(19)25-21(27)12-7-13-22(29)26-18-9-6-11-20(23(18)30)28-15-14-24-16(28)2/h4-5,8,10,14-15,18,20,23,30H,3,6-7,9,11-13H2,1-2H3,(H,26,29)/t18-,20-,23-/m1/s1. The van der Waals surface area contributed by atoms with E-state index in [9.17, 15) is 9.90 Å². The predicted molar refractivity (Wildman–Crippen MR) is 116 cm³/mol. The Balaban J connectivity index is 1.32. The summed E-state index contributed by atoms with van der Waals surface area (Å²) in [5, 5.41) is 13.9. The molecule has 3 atom stereocenters. The van der Waals surface area contributed by atoms with Crippen molar-refractivity contribution in [2.75, 3.05) is 0 Å². The quantitative estimate of drug-likeness (QED) is 0.628. The molecule has 1 fully saturated rings. The number of aliphatic hydroxyl groups excluding tert-OH is 1. The second kappa shape index (κ2) is 9.00. The molecule has 1 amide bonds. The average molecular weight is 410 g/mol. The molecule has 1 saturated carbocycles. The molecule has 0 radical (unpaired) electrons. The second-order valence-corrected chi connectivity index (χ2v) is 8.16. The third kappa shape index (κ3) is 4.12. The smallest absolute Gasteiger partial charge is 0.220 e. The highest BCUT2D eigenvalue weighted by atomic mass is 16.3. The van der Waals surface area contributed by atoms with Crippen molar-refractivity contribution in [2.45, 2.75) is 77.1 Å². The van der Waals surface area contributed by atoms with Crippen molar-refractivity contribution in [1.29, 1.82) is 0 Å². The lowest BCUT2D eigenvalue weighted by molar-refractivity contribution is -0.123. The molecular formula is C23H31N5O2. The summed E-state index contributed by atoms with van der Waals surface area (Å²) in [4.78, 5) is 21.6. The van der Waals surface area contributed by atoms with Crippen LogP contribution in [-0.4, -0.2) is 42.3 Å². The van der Waals surface area contributed by atoms with Gasteiger partial charge in [-0.25, -0.2) is 9.97 Å². The highest BCUT2D eigenvalue weighted by Crippen LogP contribution is 2.30. The molecule has 1 aromatic carbocycles. The first-order chi connectivity index (χ1) is 14.6. The van der Waals surface area contributed by atoms with Crippen LogP contribution < -0.4 is 5.32 Å². The zero-order chi connectivity index (χ0) is 21.1. The van der Waals surface area contributed by atoms with Crippen molar-refractivity contribution in [1.82, 2.24) is 24.4 Å². The highest BCUT2D eigenvalue weighted by Gasteiger charge is 2.34. The molecule has 0 aliphatic heterocycles. The zero-order valence-electron chi connectivity index (χ0n) is 17.8. The molecule has 30 heavy (non-hydrogen) atoms. The van der Waals surface area contributed by atoms with Crippen LogP contribution in [0.25, 0.3) is 11.0 Å². The number of carbonyl (C=O) groups excluding carboxylic acids is 1. The molecule has 0 unspecified atom stereocenters. The van der Waals surface area contributed by atoms with Crippen LogP contribution in [0.5, 0.6) is 0 Å². The lowest BCUT2D eigenvalue weighted by Crippen LogP contribution is -2.49. The summed E-state index contributed by atoms with van der Waals surface area (Å²) in [6, 6.07) is 7.90. The Morgan fingerprint density at radius 3 is 2.90 bits per heavy atom. The van der Waals surface area contributed by atoms with Crippen LogP contribution in [0.15, 0.2) is 36.7 Å². The SMILES string of the molecule is CCn1c(CCCC(=O)N[C@@H]2CCC[C@@H](n3ccnc3C)[C@@H]2O)nc2ccccc21. The summed E-state index contributed by atoms with van der Waals surface area (Å²) in [7, 11) is 0. The average Bonchev–Trinajstić information content (AvgIpc) is 3.32. The minimum Gasteiger partial charge on any atom is -0.389 e. The summed E-state index contributed by atoms with van der Waals surface area (Å²) < 4.78 is 4.24. The van der Waals surface area contributed by atoms with Gasteiger partial charge in [-0.15, -0.1) is 0 Å². The maximum Gasteiger partial charge on any atom is 0.220 e. The van der Waals surface area contributed by atoms with Gasteiger partial charge in [0.25, 0.3) is 0 Å². The van der Waals surface area contributed by atoms with E-state index in [1.54, 1.807) is 6.20 Å². The van der Waals surface area contributed by atoms with Gasteiger partial charge >= 0.3 is 0 Å². The normalized spacial score (nSPS) is 21.8. The van der Waals surface area contributed by atoms with Crippen molar-refractivity contribution in [3.63, 3.8) is 0 Å². The maximum absolute atomic E-state index is 12.6. The number of aromatic nitrogens is 4. The van der Waals surface area contributed by atoms with Gasteiger partial charge in [-0.05, 0) is 51.7 Å². The molecule has 7 heteroatoms. The molecule has 1 aliphatic rings. The van der Waals surface area contributed by atoms with Crippen molar-refractivity contribution in [2.24, 2.45) is 0 Å². The minimum atomic E-state index is -0.597. The van der Waals surface area contributed by atoms with Gasteiger partial charge in [0, 0.05) is 31.8 Å². The molecule has 0 spiro atoms. The summed E-state index contributed by atoms with van der Waals surface area (Å²) in [6.45, 7) is 4.93. The zero-order valence-corrected chi connectivity index (χ0v) is 17.8. The van der Waals surface area contributed by atoms with Gasteiger partial charge in [-0.2, -0.15) is 0 Å². The first-order valence-corrected chi connectivity index (χ1v) is 11.0. The summed E-state index contributed by atoms with van der Waals surface area (Å²) >= 11 is 0. The number of rotatable bonds is 7. The van der Waals surface area contributed by atoms with Crippen molar-refractivity contribution < 1.29 is 9.90 Å². The summed E-state index contributed by atoms with van der Waals surface area (Å²) in [5.74, 6) is 1.92. The van der Waals surface area contributed by atoms with E-state index in [2.05, 4.69) is 27.9 Å². The molecule has 2 heterocycles. The number of para-hydroxylation sites is 2. The fourth-order valence-electron chi connectivity index (χ4n) is 4.71. The van der Waals surface area contributed by atoms with Crippen LogP contribution >= 0.6 is 0 Å². The van der Waals surface area contributed by atoms with Crippen molar-refractivity contribution in [3.8, 4) is 0 Å². The number of benzene rings is 1. The predicted octanol–water partition coefficient (Wildman–Crippen LogP) is 3.15. The number of aliphatic hydroxyl groups is 1. The van der Waals surface area contributed by atoms with Crippen molar-refractivity contribution >= 4 is 16.9 Å². The number of imidazole rings is 2. The Labute approximate surface area is 177 Å². The van der Waals surface area contributed by atoms with E-state index >= 15 is 0 Å². The van der Waals surface area contributed by atoms with Gasteiger partial charge in [-0.3, -0.25) is 4.79 Å². The van der Waals surface area contributed by atoms with Gasteiger partial charge in [0.15, 0.2) is 0 Å². The van der Waals surface area contributed by atoms with Gasteiger partial charge in [-0.1, -0.05) is 12.1 Å². The van der Waals surface area contributed by atoms with Crippen LogP contribution in [-0.2, 0) is 17.8 Å². The van der Waals surface area contributed by atoms with E-state index < -0.39 is 6.10 Å². The monoisotopic (exact) mass is 409 g/mol. The van der Waals surface area contributed by atoms with E-state index in [-0.39, 0.29) is 18.0 Å². The van der Waals surface area contributed by atoms with Crippen LogP contribution in [0.1, 0.15) is 56.7 Å². The van der Waals surface area contributed by atoms with E-state index in [4.69, 9.17) is 4.98 Å². The number of fused-ring (bicyclic) bond motifs is 1. The van der Waals surface area contributed by atoms with E-state index in [1.807, 2.05) is 35.9 Å². The second-order valence-electron chi connectivity index (χ2n) is 8.16. The van der Waals surface area contributed by atoms with Crippen LogP contribution in [0, 0.1) is 6.92 Å². The number of aryl methyl sites for hydroxylation is 3. The number of hydrogen-bond acceptors (Lipinski definition) is 4. The molecule has 3 aromatic rings. The van der Waals surface area contributed by atoms with Gasteiger partial charge in [0.1, 0.15) is 11.6 Å². The van der Waals surface area contributed by atoms with E-state index in [0.29, 0.717) is 6.42 Å². The molecule has 160 valence electrons. The number of nitrogens with zero attached hydrogens (tertiary/aromatic N) is 4. The third-order valence-corrected chi connectivity index (χ3v) is 6.24.